The van der Waals surface area contributed by atoms with Crippen molar-refractivity contribution in [3.05, 3.63) is 36.6 Å². The van der Waals surface area contributed by atoms with Crippen molar-refractivity contribution in [2.24, 2.45) is 9.98 Å². The summed E-state index contributed by atoms with van der Waals surface area (Å²) in [7, 11) is 1.77. The van der Waals surface area contributed by atoms with E-state index in [0.717, 1.165) is 17.7 Å². The fourth-order valence-electron chi connectivity index (χ4n) is 0.908. The minimum absolute atomic E-state index is 0.910. The van der Waals surface area contributed by atoms with Gasteiger partial charge in [0, 0.05) is 25.0 Å². The van der Waals surface area contributed by atoms with Crippen LogP contribution in [0.25, 0.3) is 0 Å². The molecule has 76 valence electrons. The van der Waals surface area contributed by atoms with Gasteiger partial charge in [0.25, 0.3) is 0 Å². The van der Waals surface area contributed by atoms with Crippen LogP contribution in [0.15, 0.2) is 46.6 Å². The third-order valence-corrected chi connectivity index (χ3v) is 1.63. The second-order valence-corrected chi connectivity index (χ2v) is 2.62. The fraction of sp³-hybridized carbons (Fsp3) is 0.333. The molecule has 2 nitrogen and oxygen atoms in total. The van der Waals surface area contributed by atoms with Crippen molar-refractivity contribution < 1.29 is 0 Å². The van der Waals surface area contributed by atoms with Gasteiger partial charge in [0.2, 0.25) is 0 Å². The SMILES string of the molecule is C=CC(=CN=CC)C(C=CCC)=NC. The Labute approximate surface area is 86.5 Å². The van der Waals surface area contributed by atoms with Gasteiger partial charge in [0.15, 0.2) is 0 Å². The third kappa shape index (κ3) is 4.55. The highest BCUT2D eigenvalue weighted by molar-refractivity contribution is 6.10. The summed E-state index contributed by atoms with van der Waals surface area (Å²) in [6, 6.07) is 0. The second kappa shape index (κ2) is 8.17. The summed E-state index contributed by atoms with van der Waals surface area (Å²) in [5, 5.41) is 0. The van der Waals surface area contributed by atoms with E-state index in [1.807, 2.05) is 13.0 Å². The Morgan fingerprint density at radius 3 is 2.57 bits per heavy atom. The maximum Gasteiger partial charge on any atom is 0.0655 e. The number of hydrogen-bond donors (Lipinski definition) is 0. The average Bonchev–Trinajstić information content (AvgIpc) is 2.23. The molecule has 0 N–H and O–H groups in total. The van der Waals surface area contributed by atoms with E-state index in [4.69, 9.17) is 0 Å². The largest absolute Gasteiger partial charge is 0.288 e. The van der Waals surface area contributed by atoms with E-state index in [9.17, 15) is 0 Å². The summed E-state index contributed by atoms with van der Waals surface area (Å²) in [5.41, 5.74) is 1.85. The predicted octanol–water partition coefficient (Wildman–Crippen LogP) is 3.18. The lowest BCUT2D eigenvalue weighted by Crippen LogP contribution is -1.96. The number of hydrogen-bond acceptors (Lipinski definition) is 2. The normalized spacial score (nSPS) is 14.2. The molecule has 0 rings (SSSR count). The summed E-state index contributed by atoms with van der Waals surface area (Å²) in [6.07, 6.45) is 10.3. The van der Waals surface area contributed by atoms with Crippen LogP contribution in [0.5, 0.6) is 0 Å². The van der Waals surface area contributed by atoms with Crippen molar-refractivity contribution in [1.29, 1.82) is 0 Å². The molecule has 0 aromatic rings. The summed E-state index contributed by atoms with van der Waals surface area (Å²) < 4.78 is 0. The molecule has 0 heterocycles. The molecule has 0 saturated carbocycles. The van der Waals surface area contributed by atoms with E-state index in [1.54, 1.807) is 25.5 Å². The van der Waals surface area contributed by atoms with Crippen molar-refractivity contribution >= 4 is 11.9 Å². The molecule has 0 aliphatic carbocycles. The summed E-state index contributed by atoms with van der Waals surface area (Å²) in [6.45, 7) is 7.70. The molecular weight excluding hydrogens is 172 g/mol. The first-order valence-electron chi connectivity index (χ1n) is 4.74. The maximum absolute atomic E-state index is 4.17. The minimum Gasteiger partial charge on any atom is -0.288 e. The lowest BCUT2D eigenvalue weighted by molar-refractivity contribution is 1.23. The maximum atomic E-state index is 4.17. The minimum atomic E-state index is 0.910. The Bertz CT molecular complexity index is 281. The van der Waals surface area contributed by atoms with Crippen molar-refractivity contribution in [3.8, 4) is 0 Å². The zero-order valence-corrected chi connectivity index (χ0v) is 9.20. The number of allylic oxidation sites excluding steroid dienone is 4. The number of rotatable bonds is 5. The van der Waals surface area contributed by atoms with Crippen LogP contribution >= 0.6 is 0 Å². The van der Waals surface area contributed by atoms with Crippen molar-refractivity contribution in [2.75, 3.05) is 7.05 Å². The molecule has 14 heavy (non-hydrogen) atoms. The summed E-state index contributed by atoms with van der Waals surface area (Å²) >= 11 is 0. The quantitative estimate of drug-likeness (QED) is 0.470. The third-order valence-electron chi connectivity index (χ3n) is 1.63. The van der Waals surface area contributed by atoms with Gasteiger partial charge in [-0.2, -0.15) is 0 Å². The average molecular weight is 190 g/mol. The van der Waals surface area contributed by atoms with Crippen molar-refractivity contribution in [3.63, 3.8) is 0 Å². The van der Waals surface area contributed by atoms with Gasteiger partial charge in [-0.3, -0.25) is 9.98 Å². The van der Waals surface area contributed by atoms with Crippen LogP contribution in [-0.4, -0.2) is 19.0 Å². The molecule has 0 aliphatic rings. The molecular formula is C12H18N2. The highest BCUT2D eigenvalue weighted by Gasteiger charge is 1.96. The van der Waals surface area contributed by atoms with Gasteiger partial charge in [-0.05, 0) is 19.4 Å². The van der Waals surface area contributed by atoms with Crippen LogP contribution in [0.3, 0.4) is 0 Å². The Kier molecular flexibility index (Phi) is 7.33. The Morgan fingerprint density at radius 1 is 1.43 bits per heavy atom. The van der Waals surface area contributed by atoms with E-state index in [2.05, 4.69) is 29.6 Å². The number of nitrogens with zero attached hydrogens (tertiary/aromatic N) is 2. The van der Waals surface area contributed by atoms with Gasteiger partial charge in [0.1, 0.15) is 0 Å². The van der Waals surface area contributed by atoms with Gasteiger partial charge in [-0.15, -0.1) is 0 Å². The zero-order chi connectivity index (χ0) is 10.8. The molecule has 0 unspecified atom stereocenters. The molecule has 0 aromatic carbocycles. The first kappa shape index (κ1) is 12.6. The van der Waals surface area contributed by atoms with Crippen LogP contribution in [0.1, 0.15) is 20.3 Å². The molecule has 0 aromatic heterocycles. The van der Waals surface area contributed by atoms with Crippen LogP contribution in [0, 0.1) is 0 Å². The smallest absolute Gasteiger partial charge is 0.0655 e. The van der Waals surface area contributed by atoms with E-state index in [1.165, 1.54) is 0 Å². The van der Waals surface area contributed by atoms with Gasteiger partial charge in [-0.25, -0.2) is 0 Å². The molecule has 0 atom stereocenters. The molecule has 2 heteroatoms. The Morgan fingerprint density at radius 2 is 2.14 bits per heavy atom. The second-order valence-electron chi connectivity index (χ2n) is 2.62. The van der Waals surface area contributed by atoms with E-state index >= 15 is 0 Å². The molecule has 0 amide bonds. The molecule has 0 radical (unpaired) electrons. The van der Waals surface area contributed by atoms with Crippen LogP contribution in [0.2, 0.25) is 0 Å². The van der Waals surface area contributed by atoms with Crippen LogP contribution in [-0.2, 0) is 0 Å². The lowest BCUT2D eigenvalue weighted by Gasteiger charge is -1.99. The van der Waals surface area contributed by atoms with Crippen molar-refractivity contribution in [2.45, 2.75) is 20.3 Å². The standard InChI is InChI=1S/C12H18N2/c1-5-8-9-12(13-4)11(6-2)10-14-7-3/h6-10H,2,5H2,1,3-4H3. The number of aliphatic imine (C=N–C) groups is 2. The fourth-order valence-corrected chi connectivity index (χ4v) is 0.908. The highest BCUT2D eigenvalue weighted by atomic mass is 14.7. The predicted molar refractivity (Wildman–Crippen MR) is 65.2 cm³/mol. The lowest BCUT2D eigenvalue weighted by atomic mass is 10.1. The van der Waals surface area contributed by atoms with E-state index in [0.29, 0.717) is 0 Å². The first-order chi connectivity index (χ1) is 6.79. The van der Waals surface area contributed by atoms with Crippen molar-refractivity contribution in [1.82, 2.24) is 0 Å². The van der Waals surface area contributed by atoms with Crippen LogP contribution in [0.4, 0.5) is 0 Å². The van der Waals surface area contributed by atoms with E-state index in [-0.39, 0.29) is 0 Å². The van der Waals surface area contributed by atoms with Gasteiger partial charge in [-0.1, -0.05) is 25.7 Å². The molecule has 0 aliphatic heterocycles. The first-order valence-corrected chi connectivity index (χ1v) is 4.74. The Balaban J connectivity index is 4.80. The van der Waals surface area contributed by atoms with Gasteiger partial charge >= 0.3 is 0 Å². The van der Waals surface area contributed by atoms with Gasteiger partial charge in [0.05, 0.1) is 5.71 Å². The molecule has 0 bridgehead atoms. The molecule has 0 saturated heterocycles. The van der Waals surface area contributed by atoms with Crippen LogP contribution < -0.4 is 0 Å². The summed E-state index contributed by atoms with van der Waals surface area (Å²) in [5.74, 6) is 0. The molecule has 0 spiro atoms. The summed E-state index contributed by atoms with van der Waals surface area (Å²) in [4.78, 5) is 8.21. The van der Waals surface area contributed by atoms with E-state index < -0.39 is 0 Å². The monoisotopic (exact) mass is 190 g/mol. The Hall–Kier alpha value is -1.44. The van der Waals surface area contributed by atoms with Gasteiger partial charge < -0.3 is 0 Å². The molecule has 0 fully saturated rings. The highest BCUT2D eigenvalue weighted by Crippen LogP contribution is 2.02. The topological polar surface area (TPSA) is 24.7 Å². The zero-order valence-electron chi connectivity index (χ0n) is 9.20.